The molecule has 4 nitrogen and oxygen atoms in total. The highest BCUT2D eigenvalue weighted by atomic mass is 35.5. The zero-order valence-corrected chi connectivity index (χ0v) is 14.5. The molecule has 0 aliphatic carbocycles. The third-order valence-electron chi connectivity index (χ3n) is 3.90. The van der Waals surface area contributed by atoms with Crippen molar-refractivity contribution < 1.29 is 4.79 Å². The van der Waals surface area contributed by atoms with Crippen molar-refractivity contribution in [3.8, 4) is 0 Å². The van der Waals surface area contributed by atoms with Gasteiger partial charge in [-0.2, -0.15) is 0 Å². The van der Waals surface area contributed by atoms with Crippen molar-refractivity contribution in [2.45, 2.75) is 44.8 Å². The van der Waals surface area contributed by atoms with E-state index in [1.165, 1.54) is 0 Å². The summed E-state index contributed by atoms with van der Waals surface area (Å²) in [6.07, 6.45) is 1.87. The van der Waals surface area contributed by atoms with Gasteiger partial charge in [-0.3, -0.25) is 9.69 Å². The lowest BCUT2D eigenvalue weighted by atomic mass is 10.0. The quantitative estimate of drug-likeness (QED) is 0.883. The van der Waals surface area contributed by atoms with Crippen LogP contribution in [0.1, 0.15) is 32.3 Å². The van der Waals surface area contributed by atoms with Gasteiger partial charge in [0.1, 0.15) is 0 Å². The Morgan fingerprint density at radius 1 is 1.32 bits per heavy atom. The van der Waals surface area contributed by atoms with Gasteiger partial charge >= 0.3 is 0 Å². The second-order valence-electron chi connectivity index (χ2n) is 6.49. The Balaban J connectivity index is 1.82. The van der Waals surface area contributed by atoms with E-state index >= 15 is 0 Å². The summed E-state index contributed by atoms with van der Waals surface area (Å²) in [5, 5.41) is 4.20. The topological polar surface area (TPSA) is 58.4 Å². The molecule has 1 heterocycles. The molecule has 2 rings (SSSR count). The number of amides is 1. The van der Waals surface area contributed by atoms with Crippen LogP contribution in [0.2, 0.25) is 10.0 Å². The monoisotopic (exact) mass is 343 g/mol. The standard InChI is InChI=1S/C16H23Cl2N3O/c1-16(2,19)15(22)20-12-5-7-21(8-6-12)10-11-3-4-13(17)14(18)9-11/h3-4,9,12H,5-8,10,19H2,1-2H3,(H,20,22). The average Bonchev–Trinajstić information content (AvgIpc) is 2.44. The number of likely N-dealkylation sites (tertiary alicyclic amines) is 1. The minimum absolute atomic E-state index is 0.0876. The van der Waals surface area contributed by atoms with E-state index in [9.17, 15) is 4.79 Å². The summed E-state index contributed by atoms with van der Waals surface area (Å²) in [6, 6.07) is 5.95. The summed E-state index contributed by atoms with van der Waals surface area (Å²) in [5.74, 6) is -0.0876. The van der Waals surface area contributed by atoms with Gasteiger partial charge in [-0.1, -0.05) is 29.3 Å². The van der Waals surface area contributed by atoms with Crippen LogP contribution in [-0.2, 0) is 11.3 Å². The number of rotatable bonds is 4. The predicted molar refractivity (Wildman–Crippen MR) is 91.2 cm³/mol. The van der Waals surface area contributed by atoms with Gasteiger partial charge in [0.05, 0.1) is 15.6 Å². The van der Waals surface area contributed by atoms with Gasteiger partial charge in [0.25, 0.3) is 0 Å². The fourth-order valence-electron chi connectivity index (χ4n) is 2.50. The first kappa shape index (κ1) is 17.5. The van der Waals surface area contributed by atoms with Gasteiger partial charge in [0, 0.05) is 25.7 Å². The van der Waals surface area contributed by atoms with Crippen molar-refractivity contribution in [3.63, 3.8) is 0 Å². The summed E-state index contributed by atoms with van der Waals surface area (Å²) >= 11 is 12.0. The molecule has 6 heteroatoms. The average molecular weight is 344 g/mol. The predicted octanol–water partition coefficient (Wildman–Crippen LogP) is 2.81. The molecule has 1 aliphatic heterocycles. The molecular formula is C16H23Cl2N3O. The third-order valence-corrected chi connectivity index (χ3v) is 4.64. The molecule has 0 unspecified atom stereocenters. The van der Waals surface area contributed by atoms with Crippen LogP contribution in [-0.4, -0.2) is 35.5 Å². The van der Waals surface area contributed by atoms with E-state index in [-0.39, 0.29) is 11.9 Å². The Kier molecular flexibility index (Phi) is 5.72. The molecule has 0 aromatic heterocycles. The van der Waals surface area contributed by atoms with E-state index in [4.69, 9.17) is 28.9 Å². The first-order chi connectivity index (χ1) is 10.3. The van der Waals surface area contributed by atoms with E-state index in [2.05, 4.69) is 10.2 Å². The third kappa shape index (κ3) is 4.85. The van der Waals surface area contributed by atoms with Crippen molar-refractivity contribution in [1.29, 1.82) is 0 Å². The highest BCUT2D eigenvalue weighted by molar-refractivity contribution is 6.42. The van der Waals surface area contributed by atoms with Gasteiger partial charge in [-0.25, -0.2) is 0 Å². The van der Waals surface area contributed by atoms with E-state index < -0.39 is 5.54 Å². The summed E-state index contributed by atoms with van der Waals surface area (Å²) in [4.78, 5) is 14.3. The van der Waals surface area contributed by atoms with Gasteiger partial charge < -0.3 is 11.1 Å². The van der Waals surface area contributed by atoms with Crippen LogP contribution < -0.4 is 11.1 Å². The smallest absolute Gasteiger partial charge is 0.239 e. The highest BCUT2D eigenvalue weighted by Gasteiger charge is 2.26. The summed E-state index contributed by atoms with van der Waals surface area (Å²) in [7, 11) is 0. The van der Waals surface area contributed by atoms with E-state index in [1.54, 1.807) is 13.8 Å². The van der Waals surface area contributed by atoms with Gasteiger partial charge in [0.15, 0.2) is 0 Å². The number of halogens is 2. The number of hydrogen-bond acceptors (Lipinski definition) is 3. The fourth-order valence-corrected chi connectivity index (χ4v) is 2.82. The molecule has 1 aromatic rings. The summed E-state index contributed by atoms with van der Waals surface area (Å²) in [5.41, 5.74) is 6.14. The normalized spacial score (nSPS) is 17.5. The maximum absolute atomic E-state index is 11.9. The molecule has 0 saturated carbocycles. The fraction of sp³-hybridized carbons (Fsp3) is 0.562. The lowest BCUT2D eigenvalue weighted by Crippen LogP contribution is -2.54. The molecule has 22 heavy (non-hydrogen) atoms. The Morgan fingerprint density at radius 3 is 2.50 bits per heavy atom. The van der Waals surface area contributed by atoms with Crippen molar-refractivity contribution >= 4 is 29.1 Å². The van der Waals surface area contributed by atoms with Crippen molar-refractivity contribution in [3.05, 3.63) is 33.8 Å². The number of hydrogen-bond donors (Lipinski definition) is 2. The number of nitrogens with zero attached hydrogens (tertiary/aromatic N) is 1. The Hall–Kier alpha value is -0.810. The first-order valence-corrected chi connectivity index (χ1v) is 8.27. The SMILES string of the molecule is CC(C)(N)C(=O)NC1CCN(Cc2ccc(Cl)c(Cl)c2)CC1. The molecule has 3 N–H and O–H groups in total. The van der Waals surface area contributed by atoms with Crippen LogP contribution in [0, 0.1) is 0 Å². The van der Waals surface area contributed by atoms with Crippen LogP contribution in [0.15, 0.2) is 18.2 Å². The van der Waals surface area contributed by atoms with Crippen LogP contribution in [0.4, 0.5) is 0 Å². The van der Waals surface area contributed by atoms with E-state index in [1.807, 2.05) is 18.2 Å². The zero-order valence-electron chi connectivity index (χ0n) is 13.0. The van der Waals surface area contributed by atoms with Crippen molar-refractivity contribution in [2.75, 3.05) is 13.1 Å². The van der Waals surface area contributed by atoms with Crippen molar-refractivity contribution in [1.82, 2.24) is 10.2 Å². The molecule has 1 aromatic carbocycles. The van der Waals surface area contributed by atoms with Crippen molar-refractivity contribution in [2.24, 2.45) is 5.73 Å². The highest BCUT2D eigenvalue weighted by Crippen LogP contribution is 2.24. The largest absolute Gasteiger partial charge is 0.352 e. The Morgan fingerprint density at radius 2 is 1.95 bits per heavy atom. The molecule has 1 fully saturated rings. The number of carbonyl (C=O) groups is 1. The number of piperidine rings is 1. The van der Waals surface area contributed by atoms with Crippen LogP contribution in [0.5, 0.6) is 0 Å². The summed E-state index contributed by atoms with van der Waals surface area (Å²) < 4.78 is 0. The molecule has 0 radical (unpaired) electrons. The minimum Gasteiger partial charge on any atom is -0.352 e. The maximum atomic E-state index is 11.9. The first-order valence-electron chi connectivity index (χ1n) is 7.52. The molecular weight excluding hydrogens is 321 g/mol. The number of nitrogens with one attached hydrogen (secondary N) is 1. The van der Waals surface area contributed by atoms with Gasteiger partial charge in [-0.15, -0.1) is 0 Å². The number of nitrogens with two attached hydrogens (primary N) is 1. The molecule has 122 valence electrons. The molecule has 0 atom stereocenters. The minimum atomic E-state index is -0.822. The molecule has 1 saturated heterocycles. The zero-order chi connectivity index (χ0) is 16.3. The Labute approximate surface area is 141 Å². The lowest BCUT2D eigenvalue weighted by molar-refractivity contribution is -0.126. The molecule has 1 aliphatic rings. The van der Waals surface area contributed by atoms with Crippen LogP contribution in [0.25, 0.3) is 0 Å². The molecule has 1 amide bonds. The second-order valence-corrected chi connectivity index (χ2v) is 7.31. The molecule has 0 bridgehead atoms. The Bertz CT molecular complexity index is 535. The number of benzene rings is 1. The number of carbonyl (C=O) groups excluding carboxylic acids is 1. The van der Waals surface area contributed by atoms with E-state index in [0.717, 1.165) is 38.0 Å². The summed E-state index contributed by atoms with van der Waals surface area (Å²) in [6.45, 7) is 6.18. The lowest BCUT2D eigenvalue weighted by Gasteiger charge is -2.33. The molecule has 0 spiro atoms. The van der Waals surface area contributed by atoms with E-state index in [0.29, 0.717) is 10.0 Å². The second kappa shape index (κ2) is 7.18. The van der Waals surface area contributed by atoms with Crippen LogP contribution in [0.3, 0.4) is 0 Å². The van der Waals surface area contributed by atoms with Gasteiger partial charge in [0.2, 0.25) is 5.91 Å². The van der Waals surface area contributed by atoms with Crippen LogP contribution >= 0.6 is 23.2 Å². The maximum Gasteiger partial charge on any atom is 0.239 e. The van der Waals surface area contributed by atoms with Gasteiger partial charge in [-0.05, 0) is 44.4 Å².